The summed E-state index contributed by atoms with van der Waals surface area (Å²) in [5.41, 5.74) is 1.15. The first-order valence-corrected chi connectivity index (χ1v) is 5.22. The monoisotopic (exact) mass is 251 g/mol. The molecule has 0 radical (unpaired) electrons. The number of aliphatic carboxylic acids is 2. The molecule has 0 saturated heterocycles. The van der Waals surface area contributed by atoms with Gasteiger partial charge in [0.1, 0.15) is 6.04 Å². The summed E-state index contributed by atoms with van der Waals surface area (Å²) in [6, 6.07) is 5.15. The van der Waals surface area contributed by atoms with Crippen molar-refractivity contribution in [2.45, 2.75) is 19.4 Å². The molecule has 0 aromatic heterocycles. The minimum Gasteiger partial charge on any atom is -0.481 e. The van der Waals surface area contributed by atoms with Gasteiger partial charge in [-0.15, -0.1) is 0 Å². The van der Waals surface area contributed by atoms with E-state index in [1.54, 1.807) is 25.1 Å². The van der Waals surface area contributed by atoms with Gasteiger partial charge < -0.3 is 15.5 Å². The fourth-order valence-electron chi connectivity index (χ4n) is 1.40. The van der Waals surface area contributed by atoms with E-state index in [-0.39, 0.29) is 0 Å². The number of hydrogen-bond acceptors (Lipinski definition) is 3. The number of hydrogen-bond donors (Lipinski definition) is 3. The third-order valence-corrected chi connectivity index (χ3v) is 2.26. The van der Waals surface area contributed by atoms with Gasteiger partial charge >= 0.3 is 11.9 Å². The number of carboxylic acids is 2. The topological polar surface area (TPSA) is 104 Å². The molecule has 96 valence electrons. The summed E-state index contributed by atoms with van der Waals surface area (Å²) in [5, 5.41) is 19.5. The van der Waals surface area contributed by atoms with E-state index >= 15 is 0 Å². The number of benzene rings is 1. The smallest absolute Gasteiger partial charge is 0.326 e. The van der Waals surface area contributed by atoms with Crippen molar-refractivity contribution < 1.29 is 24.6 Å². The van der Waals surface area contributed by atoms with E-state index in [0.29, 0.717) is 5.56 Å². The fourth-order valence-corrected chi connectivity index (χ4v) is 1.40. The number of carbonyl (C=O) groups is 3. The van der Waals surface area contributed by atoms with Gasteiger partial charge in [0.25, 0.3) is 5.91 Å². The van der Waals surface area contributed by atoms with E-state index in [1.165, 1.54) is 6.07 Å². The third-order valence-electron chi connectivity index (χ3n) is 2.26. The summed E-state index contributed by atoms with van der Waals surface area (Å²) in [7, 11) is 0. The second-order valence-electron chi connectivity index (χ2n) is 3.83. The van der Waals surface area contributed by atoms with Crippen molar-refractivity contribution in [3.63, 3.8) is 0 Å². The average molecular weight is 251 g/mol. The van der Waals surface area contributed by atoms with Crippen LogP contribution in [-0.4, -0.2) is 34.1 Å². The molecule has 1 aromatic rings. The highest BCUT2D eigenvalue weighted by Crippen LogP contribution is 2.05. The van der Waals surface area contributed by atoms with Crippen LogP contribution in [0.1, 0.15) is 22.3 Å². The molecular weight excluding hydrogens is 238 g/mol. The Hall–Kier alpha value is -2.37. The SMILES string of the molecule is Cc1cccc(C(=O)NC(CC(=O)O)C(=O)O)c1. The van der Waals surface area contributed by atoms with Crippen molar-refractivity contribution in [1.82, 2.24) is 5.32 Å². The highest BCUT2D eigenvalue weighted by molar-refractivity contribution is 5.97. The number of amides is 1. The van der Waals surface area contributed by atoms with Gasteiger partial charge in [0.15, 0.2) is 0 Å². The predicted molar refractivity (Wildman–Crippen MR) is 62.3 cm³/mol. The molecule has 0 bridgehead atoms. The highest BCUT2D eigenvalue weighted by Gasteiger charge is 2.23. The Labute approximate surface area is 103 Å². The van der Waals surface area contributed by atoms with Gasteiger partial charge in [-0.05, 0) is 19.1 Å². The Morgan fingerprint density at radius 2 is 1.94 bits per heavy atom. The molecule has 0 fully saturated rings. The van der Waals surface area contributed by atoms with Crippen molar-refractivity contribution in [1.29, 1.82) is 0 Å². The van der Waals surface area contributed by atoms with Crippen LogP contribution < -0.4 is 5.32 Å². The van der Waals surface area contributed by atoms with E-state index in [0.717, 1.165) is 5.56 Å². The summed E-state index contributed by atoms with van der Waals surface area (Å²) < 4.78 is 0. The van der Waals surface area contributed by atoms with Crippen molar-refractivity contribution in [2.24, 2.45) is 0 Å². The normalized spacial score (nSPS) is 11.6. The van der Waals surface area contributed by atoms with Crippen LogP contribution in [-0.2, 0) is 9.59 Å². The third kappa shape index (κ3) is 3.89. The molecule has 6 heteroatoms. The molecule has 1 aromatic carbocycles. The Balaban J connectivity index is 2.78. The molecule has 6 nitrogen and oxygen atoms in total. The lowest BCUT2D eigenvalue weighted by Gasteiger charge is -2.12. The molecule has 0 heterocycles. The molecule has 0 aliphatic rings. The first-order valence-electron chi connectivity index (χ1n) is 5.22. The number of carbonyl (C=O) groups excluding carboxylic acids is 1. The zero-order valence-electron chi connectivity index (χ0n) is 9.71. The van der Waals surface area contributed by atoms with Gasteiger partial charge in [-0.1, -0.05) is 17.7 Å². The second kappa shape index (κ2) is 5.81. The molecule has 1 atom stereocenters. The maximum Gasteiger partial charge on any atom is 0.326 e. The van der Waals surface area contributed by atoms with Gasteiger partial charge in [-0.25, -0.2) is 4.79 Å². The van der Waals surface area contributed by atoms with Gasteiger partial charge in [0.05, 0.1) is 6.42 Å². The lowest BCUT2D eigenvalue weighted by molar-refractivity contribution is -0.145. The van der Waals surface area contributed by atoms with Crippen LogP contribution >= 0.6 is 0 Å². The Morgan fingerprint density at radius 3 is 2.44 bits per heavy atom. The summed E-state index contributed by atoms with van der Waals surface area (Å²) in [5.74, 6) is -3.27. The molecule has 1 rings (SSSR count). The molecule has 3 N–H and O–H groups in total. The summed E-state index contributed by atoms with van der Waals surface area (Å²) in [6.07, 6.45) is -0.660. The van der Waals surface area contributed by atoms with Crippen LogP contribution in [0.3, 0.4) is 0 Å². The molecule has 0 aliphatic heterocycles. The van der Waals surface area contributed by atoms with Crippen molar-refractivity contribution in [3.05, 3.63) is 35.4 Å². The highest BCUT2D eigenvalue weighted by atomic mass is 16.4. The van der Waals surface area contributed by atoms with E-state index < -0.39 is 30.3 Å². The van der Waals surface area contributed by atoms with Gasteiger partial charge in [-0.2, -0.15) is 0 Å². The Kier molecular flexibility index (Phi) is 4.42. The number of carboxylic acid groups (broad SMARTS) is 2. The first kappa shape index (κ1) is 13.7. The number of rotatable bonds is 5. The largest absolute Gasteiger partial charge is 0.481 e. The first-order chi connectivity index (χ1) is 8.40. The Morgan fingerprint density at radius 1 is 1.28 bits per heavy atom. The summed E-state index contributed by atoms with van der Waals surface area (Å²) >= 11 is 0. The lowest BCUT2D eigenvalue weighted by atomic mass is 10.1. The Bertz CT molecular complexity index is 483. The summed E-state index contributed by atoms with van der Waals surface area (Å²) in [6.45, 7) is 1.79. The van der Waals surface area contributed by atoms with E-state index in [1.807, 2.05) is 0 Å². The maximum atomic E-state index is 11.7. The quantitative estimate of drug-likeness (QED) is 0.713. The van der Waals surface area contributed by atoms with Crippen LogP contribution in [0.25, 0.3) is 0 Å². The van der Waals surface area contributed by atoms with Crippen LogP contribution in [0.2, 0.25) is 0 Å². The minimum atomic E-state index is -1.43. The molecular formula is C12H13NO5. The zero-order valence-corrected chi connectivity index (χ0v) is 9.71. The van der Waals surface area contributed by atoms with Crippen molar-refractivity contribution in [3.8, 4) is 0 Å². The van der Waals surface area contributed by atoms with Crippen LogP contribution in [0.5, 0.6) is 0 Å². The van der Waals surface area contributed by atoms with Gasteiger partial charge in [0, 0.05) is 5.56 Å². The van der Waals surface area contributed by atoms with Gasteiger partial charge in [-0.3, -0.25) is 9.59 Å². The minimum absolute atomic E-state index is 0.298. The lowest BCUT2D eigenvalue weighted by Crippen LogP contribution is -2.42. The standard InChI is InChI=1S/C12H13NO5/c1-7-3-2-4-8(5-7)11(16)13-9(12(17)18)6-10(14)15/h2-5,9H,6H2,1H3,(H,13,16)(H,14,15)(H,17,18). The van der Waals surface area contributed by atoms with E-state index in [2.05, 4.69) is 5.32 Å². The molecule has 18 heavy (non-hydrogen) atoms. The zero-order chi connectivity index (χ0) is 13.7. The van der Waals surface area contributed by atoms with E-state index in [4.69, 9.17) is 10.2 Å². The predicted octanol–water partition coefficient (Wildman–Crippen LogP) is 0.653. The summed E-state index contributed by atoms with van der Waals surface area (Å²) in [4.78, 5) is 33.0. The maximum absolute atomic E-state index is 11.7. The molecule has 0 aliphatic carbocycles. The van der Waals surface area contributed by atoms with Crippen LogP contribution in [0.4, 0.5) is 0 Å². The van der Waals surface area contributed by atoms with E-state index in [9.17, 15) is 14.4 Å². The second-order valence-corrected chi connectivity index (χ2v) is 3.83. The average Bonchev–Trinajstić information content (AvgIpc) is 2.27. The molecule has 1 unspecified atom stereocenters. The van der Waals surface area contributed by atoms with Gasteiger partial charge in [0.2, 0.25) is 0 Å². The van der Waals surface area contributed by atoms with Crippen LogP contribution in [0, 0.1) is 6.92 Å². The molecule has 1 amide bonds. The van der Waals surface area contributed by atoms with Crippen molar-refractivity contribution in [2.75, 3.05) is 0 Å². The fraction of sp³-hybridized carbons (Fsp3) is 0.250. The number of nitrogens with one attached hydrogen (secondary N) is 1. The van der Waals surface area contributed by atoms with Crippen molar-refractivity contribution >= 4 is 17.8 Å². The molecule has 0 saturated carbocycles. The van der Waals surface area contributed by atoms with Crippen LogP contribution in [0.15, 0.2) is 24.3 Å². The number of aryl methyl sites for hydroxylation is 1. The molecule has 0 spiro atoms.